The van der Waals surface area contributed by atoms with Crippen LogP contribution in [0.3, 0.4) is 0 Å². The van der Waals surface area contributed by atoms with Crippen LogP contribution in [0.25, 0.3) is 0 Å². The van der Waals surface area contributed by atoms with Crippen molar-refractivity contribution in [3.05, 3.63) is 59.7 Å². The van der Waals surface area contributed by atoms with Crippen LogP contribution < -0.4 is 16.4 Å². The second-order valence-electron chi connectivity index (χ2n) is 4.62. The van der Waals surface area contributed by atoms with E-state index in [4.69, 9.17) is 5.73 Å². The minimum Gasteiger partial charge on any atom is -0.399 e. The first-order valence-corrected chi connectivity index (χ1v) is 6.55. The molecule has 2 aromatic carbocycles. The van der Waals surface area contributed by atoms with Gasteiger partial charge in [0.25, 0.3) is 5.91 Å². The van der Waals surface area contributed by atoms with Crippen molar-refractivity contribution < 1.29 is 9.59 Å². The average Bonchev–Trinajstić information content (AvgIpc) is 2.49. The summed E-state index contributed by atoms with van der Waals surface area (Å²) in [4.78, 5) is 23.3. The van der Waals surface area contributed by atoms with Gasteiger partial charge in [-0.25, -0.2) is 0 Å². The molecule has 2 aromatic rings. The highest BCUT2D eigenvalue weighted by Crippen LogP contribution is 2.13. The van der Waals surface area contributed by atoms with Gasteiger partial charge in [0.2, 0.25) is 5.91 Å². The van der Waals surface area contributed by atoms with E-state index in [1.807, 2.05) is 12.1 Å². The number of hydrogen-bond donors (Lipinski definition) is 3. The van der Waals surface area contributed by atoms with Crippen molar-refractivity contribution in [1.82, 2.24) is 5.32 Å². The SMILES string of the molecule is CNC(=O)Cc1ccc(NC(=O)c2ccc(N)cc2)cc1. The van der Waals surface area contributed by atoms with Crippen molar-refractivity contribution in [1.29, 1.82) is 0 Å². The third-order valence-electron chi connectivity index (χ3n) is 3.03. The van der Waals surface area contributed by atoms with Crippen LogP contribution in [-0.2, 0) is 11.2 Å². The number of anilines is 2. The number of rotatable bonds is 4. The Morgan fingerprint density at radius 2 is 1.62 bits per heavy atom. The molecule has 0 saturated heterocycles. The zero-order valence-electron chi connectivity index (χ0n) is 11.7. The van der Waals surface area contributed by atoms with Gasteiger partial charge in [-0.1, -0.05) is 12.1 Å². The number of benzene rings is 2. The van der Waals surface area contributed by atoms with Crippen LogP contribution >= 0.6 is 0 Å². The van der Waals surface area contributed by atoms with Crippen LogP contribution in [0.2, 0.25) is 0 Å². The second kappa shape index (κ2) is 6.56. The first-order valence-electron chi connectivity index (χ1n) is 6.55. The molecule has 0 spiro atoms. The molecule has 108 valence electrons. The molecule has 5 nitrogen and oxygen atoms in total. The lowest BCUT2D eigenvalue weighted by Crippen LogP contribution is -2.19. The standard InChI is InChI=1S/C16H17N3O2/c1-18-15(20)10-11-2-8-14(9-3-11)19-16(21)12-4-6-13(17)7-5-12/h2-9H,10,17H2,1H3,(H,18,20)(H,19,21). The lowest BCUT2D eigenvalue weighted by Gasteiger charge is -2.07. The monoisotopic (exact) mass is 283 g/mol. The van der Waals surface area contributed by atoms with E-state index < -0.39 is 0 Å². The van der Waals surface area contributed by atoms with E-state index in [2.05, 4.69) is 10.6 Å². The summed E-state index contributed by atoms with van der Waals surface area (Å²) >= 11 is 0. The summed E-state index contributed by atoms with van der Waals surface area (Å²) in [6, 6.07) is 13.9. The molecule has 21 heavy (non-hydrogen) atoms. The van der Waals surface area contributed by atoms with Crippen LogP contribution in [0.15, 0.2) is 48.5 Å². The van der Waals surface area contributed by atoms with Gasteiger partial charge in [-0.2, -0.15) is 0 Å². The van der Waals surface area contributed by atoms with E-state index in [1.54, 1.807) is 43.4 Å². The van der Waals surface area contributed by atoms with E-state index in [9.17, 15) is 9.59 Å². The molecule has 0 fully saturated rings. The molecule has 0 radical (unpaired) electrons. The highest BCUT2D eigenvalue weighted by molar-refractivity contribution is 6.04. The van der Waals surface area contributed by atoms with Crippen molar-refractivity contribution in [2.45, 2.75) is 6.42 Å². The summed E-state index contributed by atoms with van der Waals surface area (Å²) in [7, 11) is 1.60. The maximum absolute atomic E-state index is 12.0. The fourth-order valence-corrected chi connectivity index (χ4v) is 1.82. The number of nitrogens with one attached hydrogen (secondary N) is 2. The topological polar surface area (TPSA) is 84.2 Å². The highest BCUT2D eigenvalue weighted by Gasteiger charge is 2.06. The van der Waals surface area contributed by atoms with Gasteiger partial charge in [-0.05, 0) is 42.0 Å². The molecule has 2 amide bonds. The van der Waals surface area contributed by atoms with Gasteiger partial charge >= 0.3 is 0 Å². The predicted octanol–water partition coefficient (Wildman–Crippen LogP) is 1.81. The maximum Gasteiger partial charge on any atom is 0.255 e. The quantitative estimate of drug-likeness (QED) is 0.748. The molecule has 0 bridgehead atoms. The van der Waals surface area contributed by atoms with Gasteiger partial charge < -0.3 is 16.4 Å². The highest BCUT2D eigenvalue weighted by atomic mass is 16.2. The van der Waals surface area contributed by atoms with Crippen LogP contribution in [0.1, 0.15) is 15.9 Å². The van der Waals surface area contributed by atoms with E-state index in [0.29, 0.717) is 23.4 Å². The maximum atomic E-state index is 12.0. The summed E-state index contributed by atoms with van der Waals surface area (Å²) in [5.74, 6) is -0.247. The van der Waals surface area contributed by atoms with Crippen molar-refractivity contribution in [2.75, 3.05) is 18.1 Å². The third-order valence-corrected chi connectivity index (χ3v) is 3.03. The van der Waals surface area contributed by atoms with Crippen LogP contribution in [-0.4, -0.2) is 18.9 Å². The fourth-order valence-electron chi connectivity index (χ4n) is 1.82. The van der Waals surface area contributed by atoms with Crippen LogP contribution in [0, 0.1) is 0 Å². The summed E-state index contributed by atoms with van der Waals surface area (Å²) in [6.45, 7) is 0. The summed E-state index contributed by atoms with van der Waals surface area (Å²) in [6.07, 6.45) is 0.322. The molecule has 0 aliphatic heterocycles. The molecule has 0 heterocycles. The fraction of sp³-hybridized carbons (Fsp3) is 0.125. The molecule has 2 rings (SSSR count). The third kappa shape index (κ3) is 4.07. The second-order valence-corrected chi connectivity index (χ2v) is 4.62. The molecular weight excluding hydrogens is 266 g/mol. The minimum absolute atomic E-state index is 0.0475. The molecule has 0 saturated carbocycles. The number of amides is 2. The summed E-state index contributed by atoms with van der Waals surface area (Å²) in [5.41, 5.74) is 8.31. The average molecular weight is 283 g/mol. The first-order chi connectivity index (χ1) is 10.1. The van der Waals surface area contributed by atoms with Gasteiger partial charge in [0.1, 0.15) is 0 Å². The number of likely N-dealkylation sites (N-methyl/N-ethyl adjacent to an activating group) is 1. The zero-order valence-corrected chi connectivity index (χ0v) is 11.7. The van der Waals surface area contributed by atoms with Crippen LogP contribution in [0.4, 0.5) is 11.4 Å². The Balaban J connectivity index is 2.01. The smallest absolute Gasteiger partial charge is 0.255 e. The number of nitrogen functional groups attached to an aromatic ring is 1. The first kappa shape index (κ1) is 14.6. The van der Waals surface area contributed by atoms with Crippen molar-refractivity contribution in [3.63, 3.8) is 0 Å². The van der Waals surface area contributed by atoms with E-state index >= 15 is 0 Å². The molecule has 4 N–H and O–H groups in total. The van der Waals surface area contributed by atoms with Gasteiger partial charge in [-0.15, -0.1) is 0 Å². The Bertz CT molecular complexity index is 634. The van der Waals surface area contributed by atoms with Gasteiger partial charge in [0.15, 0.2) is 0 Å². The zero-order chi connectivity index (χ0) is 15.2. The summed E-state index contributed by atoms with van der Waals surface area (Å²) in [5, 5.41) is 5.36. The number of hydrogen-bond acceptors (Lipinski definition) is 3. The molecule has 0 unspecified atom stereocenters. The number of carbonyl (C=O) groups is 2. The normalized spacial score (nSPS) is 9.95. The Morgan fingerprint density at radius 1 is 1.00 bits per heavy atom. The van der Waals surface area contributed by atoms with Gasteiger partial charge in [0.05, 0.1) is 6.42 Å². The van der Waals surface area contributed by atoms with Crippen molar-refractivity contribution in [2.24, 2.45) is 0 Å². The molecular formula is C16H17N3O2. The van der Waals surface area contributed by atoms with Gasteiger partial charge in [0, 0.05) is 24.0 Å². The Kier molecular flexibility index (Phi) is 4.56. The van der Waals surface area contributed by atoms with Crippen molar-refractivity contribution in [3.8, 4) is 0 Å². The van der Waals surface area contributed by atoms with E-state index in [0.717, 1.165) is 5.56 Å². The number of carbonyl (C=O) groups excluding carboxylic acids is 2. The minimum atomic E-state index is -0.200. The van der Waals surface area contributed by atoms with E-state index in [1.165, 1.54) is 0 Å². The summed E-state index contributed by atoms with van der Waals surface area (Å²) < 4.78 is 0. The lowest BCUT2D eigenvalue weighted by atomic mass is 10.1. The van der Waals surface area contributed by atoms with Crippen LogP contribution in [0.5, 0.6) is 0 Å². The molecule has 0 aliphatic rings. The molecule has 5 heteroatoms. The van der Waals surface area contributed by atoms with E-state index in [-0.39, 0.29) is 11.8 Å². The van der Waals surface area contributed by atoms with Crippen molar-refractivity contribution >= 4 is 23.2 Å². The number of nitrogens with two attached hydrogens (primary N) is 1. The molecule has 0 atom stereocenters. The Labute approximate surface area is 123 Å². The van der Waals surface area contributed by atoms with Gasteiger partial charge in [-0.3, -0.25) is 9.59 Å². The molecule has 0 aliphatic carbocycles. The Hall–Kier alpha value is -2.82. The predicted molar refractivity (Wildman–Crippen MR) is 83.0 cm³/mol. The lowest BCUT2D eigenvalue weighted by molar-refractivity contribution is -0.119. The Morgan fingerprint density at radius 3 is 2.19 bits per heavy atom. The largest absolute Gasteiger partial charge is 0.399 e. The molecule has 0 aromatic heterocycles.